The van der Waals surface area contributed by atoms with Crippen LogP contribution in [0.4, 0.5) is 0 Å². The average molecular weight is 576 g/mol. The maximum Gasteiger partial charge on any atom is 0.170 e. The van der Waals surface area contributed by atoms with Crippen molar-refractivity contribution in [3.05, 3.63) is 0 Å². The fourth-order valence-electron chi connectivity index (χ4n) is 13.0. The lowest BCUT2D eigenvalue weighted by Crippen LogP contribution is -2.60. The molecule has 2 saturated heterocycles. The van der Waals surface area contributed by atoms with Crippen LogP contribution in [0.15, 0.2) is 0 Å². The summed E-state index contributed by atoms with van der Waals surface area (Å²) in [4.78, 5) is 0. The first-order valence-corrected chi connectivity index (χ1v) is 16.9. The number of morpholine rings is 1. The number of hydrogen-bond acceptors (Lipinski definition) is 7. The highest BCUT2D eigenvalue weighted by atomic mass is 16.7. The van der Waals surface area contributed by atoms with Crippen molar-refractivity contribution in [2.24, 2.45) is 50.7 Å². The van der Waals surface area contributed by atoms with Crippen molar-refractivity contribution in [1.29, 1.82) is 0 Å². The molecule has 2 spiro atoms. The molecule has 7 nitrogen and oxygen atoms in total. The Morgan fingerprint density at radius 1 is 1.00 bits per heavy atom. The first kappa shape index (κ1) is 29.4. The monoisotopic (exact) mass is 575 g/mol. The first-order valence-electron chi connectivity index (χ1n) is 16.9. The lowest BCUT2D eigenvalue weighted by atomic mass is 9.41. The Morgan fingerprint density at radius 2 is 1.71 bits per heavy atom. The van der Waals surface area contributed by atoms with E-state index in [1.807, 2.05) is 0 Å². The lowest BCUT2D eigenvalue weighted by Gasteiger charge is -2.64. The third-order valence-corrected chi connectivity index (χ3v) is 15.1. The van der Waals surface area contributed by atoms with Crippen LogP contribution in [0.2, 0.25) is 0 Å². The Morgan fingerprint density at radius 3 is 2.39 bits per heavy atom. The highest BCUT2D eigenvalue weighted by Gasteiger charge is 2.84. The summed E-state index contributed by atoms with van der Waals surface area (Å²) in [5.41, 5.74) is -0.714. The van der Waals surface area contributed by atoms with Crippen LogP contribution in [0.25, 0.3) is 0 Å². The minimum atomic E-state index is -1.24. The second kappa shape index (κ2) is 9.14. The SMILES string of the molecule is C[C@@H]1CC([C@H](O)C(C)(C)O)OC2C1[C@@]1(C)CCC34C[C@@]35CC[C@H](OC3CNCCO3)C(C)(C)[C@@H]5CC[C@H]4[C@]1(C)[C@H]2O. The zero-order valence-corrected chi connectivity index (χ0v) is 26.6. The van der Waals surface area contributed by atoms with E-state index in [1.54, 1.807) is 13.8 Å². The Kier molecular flexibility index (Phi) is 6.56. The molecule has 5 saturated carbocycles. The quantitative estimate of drug-likeness (QED) is 0.398. The molecule has 7 fully saturated rings. The van der Waals surface area contributed by atoms with Gasteiger partial charge in [0.1, 0.15) is 6.10 Å². The number of aliphatic hydroxyl groups excluding tert-OH is 2. The molecule has 2 heterocycles. The summed E-state index contributed by atoms with van der Waals surface area (Å²) >= 11 is 0. The summed E-state index contributed by atoms with van der Waals surface area (Å²) in [5, 5.41) is 37.3. The van der Waals surface area contributed by atoms with E-state index in [4.69, 9.17) is 14.2 Å². The van der Waals surface area contributed by atoms with Crippen LogP contribution < -0.4 is 5.32 Å². The molecule has 4 N–H and O–H groups in total. The largest absolute Gasteiger partial charge is 0.390 e. The molecule has 0 bridgehead atoms. The van der Waals surface area contributed by atoms with Gasteiger partial charge in [0.05, 0.1) is 36.6 Å². The molecule has 0 aromatic heterocycles. The summed E-state index contributed by atoms with van der Waals surface area (Å²) in [6.07, 6.45) is 6.92. The van der Waals surface area contributed by atoms with Crippen LogP contribution in [0.3, 0.4) is 0 Å². The zero-order valence-electron chi connectivity index (χ0n) is 26.6. The van der Waals surface area contributed by atoms with Gasteiger partial charge in [-0.3, -0.25) is 0 Å². The highest BCUT2D eigenvalue weighted by molar-refractivity contribution is 5.33. The lowest BCUT2D eigenvalue weighted by molar-refractivity contribution is -0.237. The topological polar surface area (TPSA) is 100 Å². The Labute approximate surface area is 247 Å². The first-order chi connectivity index (χ1) is 19.1. The van der Waals surface area contributed by atoms with Crippen LogP contribution >= 0.6 is 0 Å². The molecule has 0 radical (unpaired) electrons. The van der Waals surface area contributed by atoms with Gasteiger partial charge in [-0.15, -0.1) is 0 Å². The minimum Gasteiger partial charge on any atom is -0.390 e. The summed E-state index contributed by atoms with van der Waals surface area (Å²) in [7, 11) is 0. The second-order valence-corrected chi connectivity index (χ2v) is 17.3. The molecule has 7 aliphatic rings. The molecule has 2 aliphatic heterocycles. The van der Waals surface area contributed by atoms with E-state index >= 15 is 0 Å². The summed E-state index contributed by atoms with van der Waals surface area (Å²) < 4.78 is 19.3. The predicted octanol–water partition coefficient (Wildman–Crippen LogP) is 4.26. The molecule has 0 aromatic carbocycles. The number of nitrogens with one attached hydrogen (secondary N) is 1. The Balaban J connectivity index is 1.16. The van der Waals surface area contributed by atoms with E-state index in [0.717, 1.165) is 45.4 Å². The molecular weight excluding hydrogens is 518 g/mol. The van der Waals surface area contributed by atoms with E-state index in [-0.39, 0.29) is 40.7 Å². The van der Waals surface area contributed by atoms with Crippen LogP contribution in [0.5, 0.6) is 0 Å². The smallest absolute Gasteiger partial charge is 0.170 e. The predicted molar refractivity (Wildman–Crippen MR) is 156 cm³/mol. The van der Waals surface area contributed by atoms with Gasteiger partial charge in [-0.05, 0) is 111 Å². The number of aliphatic hydroxyl groups is 3. The van der Waals surface area contributed by atoms with Crippen LogP contribution in [-0.4, -0.2) is 77.4 Å². The van der Waals surface area contributed by atoms with Gasteiger partial charge in [0.15, 0.2) is 6.29 Å². The van der Waals surface area contributed by atoms with E-state index in [9.17, 15) is 15.3 Å². The van der Waals surface area contributed by atoms with Gasteiger partial charge in [-0.25, -0.2) is 0 Å². The molecule has 7 rings (SSSR count). The normalized spacial score (nSPS) is 56.5. The number of rotatable bonds is 4. The van der Waals surface area contributed by atoms with Crippen molar-refractivity contribution in [3.63, 3.8) is 0 Å². The van der Waals surface area contributed by atoms with Gasteiger partial charge in [0.25, 0.3) is 0 Å². The van der Waals surface area contributed by atoms with Crippen LogP contribution in [-0.2, 0) is 14.2 Å². The third-order valence-electron chi connectivity index (χ3n) is 15.1. The van der Waals surface area contributed by atoms with E-state index in [0.29, 0.717) is 28.6 Å². The van der Waals surface area contributed by atoms with Crippen molar-refractivity contribution < 1.29 is 29.5 Å². The number of fused-ring (bicyclic) bond motifs is 4. The van der Waals surface area contributed by atoms with Gasteiger partial charge in [-0.2, -0.15) is 0 Å². The van der Waals surface area contributed by atoms with Crippen molar-refractivity contribution in [2.75, 3.05) is 19.7 Å². The fraction of sp³-hybridized carbons (Fsp3) is 1.00. The summed E-state index contributed by atoms with van der Waals surface area (Å²) in [5.74, 6) is 1.70. The van der Waals surface area contributed by atoms with E-state index < -0.39 is 23.9 Å². The maximum absolute atomic E-state index is 12.3. The molecule has 5 unspecified atom stereocenters. The maximum atomic E-state index is 12.3. The standard InChI is InChI=1S/C34H57NO6/c1-19-16-20(27(36)30(4,5)38)40-26-25(19)31(6)12-13-34-18-33(34)11-10-23(41-24-17-35-14-15-39-24)29(2,3)21(33)8-9-22(34)32(31,7)28(26)37/h19-28,35-38H,8-18H2,1-7H3/t19-,20?,21+,22+,23+,24?,25?,26?,27+,28+,31-,32-,33-,34?/m1/s1. The van der Waals surface area contributed by atoms with Gasteiger partial charge in [0.2, 0.25) is 0 Å². The van der Waals surface area contributed by atoms with Crippen LogP contribution in [0.1, 0.15) is 99.8 Å². The van der Waals surface area contributed by atoms with Crippen molar-refractivity contribution in [1.82, 2.24) is 5.32 Å². The summed E-state index contributed by atoms with van der Waals surface area (Å²) in [6, 6.07) is 0. The number of ether oxygens (including phenoxy) is 3. The Hall–Kier alpha value is -0.280. The summed E-state index contributed by atoms with van der Waals surface area (Å²) in [6.45, 7) is 17.8. The van der Waals surface area contributed by atoms with Gasteiger partial charge < -0.3 is 34.8 Å². The molecular formula is C34H57NO6. The number of hydrogen-bond donors (Lipinski definition) is 4. The molecule has 14 atom stereocenters. The fourth-order valence-corrected chi connectivity index (χ4v) is 13.0. The van der Waals surface area contributed by atoms with Crippen molar-refractivity contribution >= 4 is 0 Å². The molecule has 5 aliphatic carbocycles. The van der Waals surface area contributed by atoms with Gasteiger partial charge >= 0.3 is 0 Å². The molecule has 0 aromatic rings. The molecule has 7 heteroatoms. The van der Waals surface area contributed by atoms with Crippen LogP contribution in [0, 0.1) is 50.7 Å². The van der Waals surface area contributed by atoms with Gasteiger partial charge in [-0.1, -0.05) is 34.6 Å². The second-order valence-electron chi connectivity index (χ2n) is 17.3. The highest BCUT2D eigenvalue weighted by Crippen LogP contribution is 2.89. The van der Waals surface area contributed by atoms with E-state index in [1.165, 1.54) is 25.7 Å². The zero-order chi connectivity index (χ0) is 29.4. The molecule has 41 heavy (non-hydrogen) atoms. The Bertz CT molecular complexity index is 1040. The van der Waals surface area contributed by atoms with Crippen molar-refractivity contribution in [2.45, 2.75) is 142 Å². The van der Waals surface area contributed by atoms with Gasteiger partial charge in [0, 0.05) is 18.5 Å². The average Bonchev–Trinajstić information content (AvgIpc) is 3.54. The van der Waals surface area contributed by atoms with Crippen molar-refractivity contribution in [3.8, 4) is 0 Å². The third kappa shape index (κ3) is 3.69. The molecule has 234 valence electrons. The van der Waals surface area contributed by atoms with E-state index in [2.05, 4.69) is 39.9 Å². The molecule has 0 amide bonds. The minimum absolute atomic E-state index is 0.00512.